The van der Waals surface area contributed by atoms with E-state index in [0.717, 1.165) is 29.0 Å². The maximum atomic E-state index is 5.40. The number of methoxy groups -OCH3 is 2. The minimum Gasteiger partial charge on any atom is -0.493 e. The molecule has 1 unspecified atom stereocenters. The number of rotatable bonds is 2. The van der Waals surface area contributed by atoms with Gasteiger partial charge in [-0.3, -0.25) is 4.99 Å². The van der Waals surface area contributed by atoms with Crippen molar-refractivity contribution in [2.45, 2.75) is 26.3 Å². The van der Waals surface area contributed by atoms with Crippen molar-refractivity contribution in [1.82, 2.24) is 0 Å². The van der Waals surface area contributed by atoms with Crippen molar-refractivity contribution in [2.24, 2.45) is 4.99 Å². The molecular formula is C13H17NO2. The maximum absolute atomic E-state index is 5.40. The largest absolute Gasteiger partial charge is 0.493 e. The van der Waals surface area contributed by atoms with Crippen LogP contribution >= 0.6 is 0 Å². The van der Waals surface area contributed by atoms with Gasteiger partial charge >= 0.3 is 0 Å². The number of nitrogens with zero attached hydrogens (tertiary/aromatic N) is 1. The van der Waals surface area contributed by atoms with E-state index in [1.165, 1.54) is 5.56 Å². The van der Waals surface area contributed by atoms with Gasteiger partial charge in [0.05, 0.1) is 20.3 Å². The van der Waals surface area contributed by atoms with Crippen LogP contribution in [0, 0.1) is 6.92 Å². The molecule has 0 aliphatic carbocycles. The summed E-state index contributed by atoms with van der Waals surface area (Å²) in [6.45, 7) is 4.20. The van der Waals surface area contributed by atoms with E-state index >= 15 is 0 Å². The predicted octanol–water partition coefficient (Wildman–Crippen LogP) is 2.38. The number of aliphatic imine (C=N–C) groups is 1. The van der Waals surface area contributed by atoms with Crippen LogP contribution in [-0.2, 0) is 6.42 Å². The smallest absolute Gasteiger partial charge is 0.163 e. The van der Waals surface area contributed by atoms with Gasteiger partial charge in [0.2, 0.25) is 0 Å². The van der Waals surface area contributed by atoms with Crippen molar-refractivity contribution in [1.29, 1.82) is 0 Å². The lowest BCUT2D eigenvalue weighted by Gasteiger charge is -2.21. The fourth-order valence-electron chi connectivity index (χ4n) is 2.18. The summed E-state index contributed by atoms with van der Waals surface area (Å²) in [4.78, 5) is 4.42. The van der Waals surface area contributed by atoms with E-state index in [9.17, 15) is 0 Å². The number of ether oxygens (including phenoxy) is 2. The Balaban J connectivity index is 2.60. The summed E-state index contributed by atoms with van der Waals surface area (Å²) in [7, 11) is 3.34. The summed E-state index contributed by atoms with van der Waals surface area (Å²) in [5, 5.41) is 0. The molecule has 1 heterocycles. The molecule has 0 amide bonds. The molecule has 1 aliphatic rings. The summed E-state index contributed by atoms with van der Waals surface area (Å²) in [5.74, 6) is 1.61. The van der Waals surface area contributed by atoms with Gasteiger partial charge in [-0.1, -0.05) is 0 Å². The zero-order valence-corrected chi connectivity index (χ0v) is 10.2. The first-order valence-corrected chi connectivity index (χ1v) is 5.45. The fourth-order valence-corrected chi connectivity index (χ4v) is 2.18. The highest BCUT2D eigenvalue weighted by Crippen LogP contribution is 2.36. The zero-order chi connectivity index (χ0) is 11.7. The van der Waals surface area contributed by atoms with Gasteiger partial charge < -0.3 is 9.47 Å². The number of hydrogen-bond donors (Lipinski definition) is 0. The molecule has 86 valence electrons. The van der Waals surface area contributed by atoms with E-state index in [0.29, 0.717) is 6.04 Å². The molecule has 0 saturated carbocycles. The average Bonchev–Trinajstić information content (AvgIpc) is 2.29. The molecule has 3 heteroatoms. The van der Waals surface area contributed by atoms with E-state index in [1.54, 1.807) is 14.2 Å². The van der Waals surface area contributed by atoms with Gasteiger partial charge in [0.25, 0.3) is 0 Å². The Morgan fingerprint density at radius 3 is 2.69 bits per heavy atom. The molecule has 1 aromatic rings. The molecule has 3 nitrogen and oxygen atoms in total. The SMILES string of the molecule is COc1cc2c(c(C)c1OC)CC(C)N=C2. The first kappa shape index (κ1) is 11.0. The summed E-state index contributed by atoms with van der Waals surface area (Å²) >= 11 is 0. The highest BCUT2D eigenvalue weighted by atomic mass is 16.5. The standard InChI is InChI=1S/C13H17NO2/c1-8-5-11-9(2)13(16-4)12(15-3)6-10(11)7-14-8/h6-8H,5H2,1-4H3. The summed E-state index contributed by atoms with van der Waals surface area (Å²) in [6, 6.07) is 2.35. The number of benzene rings is 1. The van der Waals surface area contributed by atoms with Gasteiger partial charge in [-0.25, -0.2) is 0 Å². The highest BCUT2D eigenvalue weighted by molar-refractivity contribution is 5.85. The third-order valence-corrected chi connectivity index (χ3v) is 3.04. The van der Waals surface area contributed by atoms with Crippen LogP contribution in [-0.4, -0.2) is 26.5 Å². The van der Waals surface area contributed by atoms with Crippen molar-refractivity contribution >= 4 is 6.21 Å². The second-order valence-electron chi connectivity index (χ2n) is 4.14. The topological polar surface area (TPSA) is 30.8 Å². The second-order valence-corrected chi connectivity index (χ2v) is 4.14. The first-order chi connectivity index (χ1) is 7.67. The Labute approximate surface area is 96.1 Å². The van der Waals surface area contributed by atoms with E-state index in [-0.39, 0.29) is 0 Å². The van der Waals surface area contributed by atoms with Crippen molar-refractivity contribution in [2.75, 3.05) is 14.2 Å². The molecule has 16 heavy (non-hydrogen) atoms. The molecule has 0 fully saturated rings. The lowest BCUT2D eigenvalue weighted by atomic mass is 9.93. The molecule has 0 radical (unpaired) electrons. The molecule has 0 N–H and O–H groups in total. The molecule has 1 atom stereocenters. The number of hydrogen-bond acceptors (Lipinski definition) is 3. The molecular weight excluding hydrogens is 202 g/mol. The third-order valence-electron chi connectivity index (χ3n) is 3.04. The molecule has 1 aromatic carbocycles. The molecule has 2 rings (SSSR count). The van der Waals surface area contributed by atoms with Crippen molar-refractivity contribution in [3.8, 4) is 11.5 Å². The average molecular weight is 219 g/mol. The zero-order valence-electron chi connectivity index (χ0n) is 10.2. The Hall–Kier alpha value is -1.51. The Morgan fingerprint density at radius 2 is 2.06 bits per heavy atom. The van der Waals surface area contributed by atoms with Crippen LogP contribution in [0.15, 0.2) is 11.1 Å². The lowest BCUT2D eigenvalue weighted by molar-refractivity contribution is 0.352. The van der Waals surface area contributed by atoms with Crippen LogP contribution in [0.25, 0.3) is 0 Å². The van der Waals surface area contributed by atoms with Gasteiger partial charge in [0.15, 0.2) is 11.5 Å². The summed E-state index contributed by atoms with van der Waals surface area (Å²) in [5.41, 5.74) is 3.63. The molecule has 0 bridgehead atoms. The van der Waals surface area contributed by atoms with Crippen molar-refractivity contribution in [3.63, 3.8) is 0 Å². The molecule has 0 saturated heterocycles. The van der Waals surface area contributed by atoms with Gasteiger partial charge in [-0.2, -0.15) is 0 Å². The van der Waals surface area contributed by atoms with Crippen LogP contribution in [0.2, 0.25) is 0 Å². The monoisotopic (exact) mass is 219 g/mol. The van der Waals surface area contributed by atoms with E-state index in [1.807, 2.05) is 12.3 Å². The van der Waals surface area contributed by atoms with Gasteiger partial charge in [0, 0.05) is 6.21 Å². The summed E-state index contributed by atoms with van der Waals surface area (Å²) < 4.78 is 10.7. The minimum absolute atomic E-state index is 0.351. The first-order valence-electron chi connectivity index (χ1n) is 5.45. The highest BCUT2D eigenvalue weighted by Gasteiger charge is 2.19. The lowest BCUT2D eigenvalue weighted by Crippen LogP contribution is -2.14. The van der Waals surface area contributed by atoms with Crippen LogP contribution in [0.1, 0.15) is 23.6 Å². The normalized spacial score (nSPS) is 18.1. The van der Waals surface area contributed by atoms with Crippen LogP contribution < -0.4 is 9.47 Å². The predicted molar refractivity (Wildman–Crippen MR) is 65.0 cm³/mol. The van der Waals surface area contributed by atoms with Crippen molar-refractivity contribution < 1.29 is 9.47 Å². The Kier molecular flexibility index (Phi) is 2.86. The quantitative estimate of drug-likeness (QED) is 0.764. The van der Waals surface area contributed by atoms with E-state index in [4.69, 9.17) is 9.47 Å². The van der Waals surface area contributed by atoms with Gasteiger partial charge in [0.1, 0.15) is 0 Å². The molecule has 0 spiro atoms. The van der Waals surface area contributed by atoms with Gasteiger partial charge in [-0.05, 0) is 43.0 Å². The minimum atomic E-state index is 0.351. The Bertz CT molecular complexity index is 438. The maximum Gasteiger partial charge on any atom is 0.163 e. The Morgan fingerprint density at radius 1 is 1.31 bits per heavy atom. The van der Waals surface area contributed by atoms with Gasteiger partial charge in [-0.15, -0.1) is 0 Å². The third kappa shape index (κ3) is 1.66. The van der Waals surface area contributed by atoms with Crippen LogP contribution in [0.3, 0.4) is 0 Å². The summed E-state index contributed by atoms with van der Waals surface area (Å²) in [6.07, 6.45) is 2.90. The van der Waals surface area contributed by atoms with E-state index in [2.05, 4.69) is 18.8 Å². The fraction of sp³-hybridized carbons (Fsp3) is 0.462. The number of fused-ring (bicyclic) bond motifs is 1. The molecule has 0 aromatic heterocycles. The van der Waals surface area contributed by atoms with Crippen molar-refractivity contribution in [3.05, 3.63) is 22.8 Å². The molecule has 1 aliphatic heterocycles. The van der Waals surface area contributed by atoms with Crippen LogP contribution in [0.5, 0.6) is 11.5 Å². The second kappa shape index (κ2) is 4.16. The van der Waals surface area contributed by atoms with Crippen LogP contribution in [0.4, 0.5) is 0 Å². The van der Waals surface area contributed by atoms with E-state index < -0.39 is 0 Å².